The predicted octanol–water partition coefficient (Wildman–Crippen LogP) is 5.17. The molecule has 1 aromatic heterocycles. The molecular weight excluding hydrogens is 474 g/mol. The molecule has 0 spiro atoms. The Hall–Kier alpha value is -4.01. The van der Waals surface area contributed by atoms with Crippen molar-refractivity contribution in [3.05, 3.63) is 93.8 Å². The highest BCUT2D eigenvalue weighted by atomic mass is 35.5. The van der Waals surface area contributed by atoms with Gasteiger partial charge in [-0.15, -0.1) is 11.3 Å². The molecule has 2 N–H and O–H groups in total. The lowest BCUT2D eigenvalue weighted by Gasteiger charge is -2.07. The minimum absolute atomic E-state index is 0.225. The molecule has 0 atom stereocenters. The molecule has 4 aromatic rings. The van der Waals surface area contributed by atoms with E-state index in [-0.39, 0.29) is 10.6 Å². The Morgan fingerprint density at radius 1 is 0.971 bits per heavy atom. The molecule has 34 heavy (non-hydrogen) atoms. The maximum atomic E-state index is 12.8. The van der Waals surface area contributed by atoms with Crippen LogP contribution in [0.4, 0.5) is 5.69 Å². The number of benzene rings is 3. The van der Waals surface area contributed by atoms with Crippen LogP contribution in [0.25, 0.3) is 10.1 Å². The number of esters is 1. The largest absolute Gasteiger partial charge is 0.422 e. The fourth-order valence-corrected chi connectivity index (χ4v) is 4.48. The molecule has 170 valence electrons. The van der Waals surface area contributed by atoms with Gasteiger partial charge in [-0.3, -0.25) is 9.59 Å². The second kappa shape index (κ2) is 10.3. The van der Waals surface area contributed by atoms with Crippen LogP contribution in [0, 0.1) is 6.92 Å². The third-order valence-corrected chi connectivity index (χ3v) is 6.35. The zero-order valence-corrected chi connectivity index (χ0v) is 19.4. The number of amides is 2. The molecule has 9 heteroatoms. The summed E-state index contributed by atoms with van der Waals surface area (Å²) < 4.78 is 6.42. The molecule has 0 radical (unpaired) electrons. The number of anilines is 1. The molecule has 0 aliphatic rings. The molecule has 0 saturated carbocycles. The first-order valence-corrected chi connectivity index (χ1v) is 11.3. The van der Waals surface area contributed by atoms with E-state index in [9.17, 15) is 14.4 Å². The van der Waals surface area contributed by atoms with Crippen molar-refractivity contribution in [1.29, 1.82) is 0 Å². The summed E-state index contributed by atoms with van der Waals surface area (Å²) >= 11 is 7.61. The lowest BCUT2D eigenvalue weighted by atomic mass is 10.2. The molecule has 3 aromatic carbocycles. The molecular formula is C25H18ClN3O4S. The smallest absolute Gasteiger partial charge is 0.355 e. The standard InChI is InChI=1S/C25H18ClN3O4S/c1-15-7-6-9-17(13-15)28-23(30)24(31)29-27-14-16-8-2-4-11-19(16)33-25(32)22-21(26)18-10-3-5-12-20(18)34-22/h2-14H,1H3,(H,28,30)(H,29,31). The number of rotatable bonds is 5. The van der Waals surface area contributed by atoms with Crippen LogP contribution in [0.5, 0.6) is 5.75 Å². The molecule has 0 unspecified atom stereocenters. The Morgan fingerprint density at radius 2 is 1.74 bits per heavy atom. The molecule has 0 aliphatic heterocycles. The number of carbonyl (C=O) groups is 3. The van der Waals surface area contributed by atoms with Crippen molar-refractivity contribution in [3.63, 3.8) is 0 Å². The summed E-state index contributed by atoms with van der Waals surface area (Å²) in [7, 11) is 0. The van der Waals surface area contributed by atoms with Gasteiger partial charge in [0.1, 0.15) is 10.6 Å². The third-order valence-electron chi connectivity index (χ3n) is 4.69. The summed E-state index contributed by atoms with van der Waals surface area (Å²) in [5, 5.41) is 7.43. The van der Waals surface area contributed by atoms with Crippen molar-refractivity contribution in [2.75, 3.05) is 5.32 Å². The van der Waals surface area contributed by atoms with E-state index in [1.165, 1.54) is 17.6 Å². The molecule has 2 amide bonds. The van der Waals surface area contributed by atoms with Crippen molar-refractivity contribution in [2.24, 2.45) is 5.10 Å². The minimum Gasteiger partial charge on any atom is -0.422 e. The summed E-state index contributed by atoms with van der Waals surface area (Å²) in [6.45, 7) is 1.87. The predicted molar refractivity (Wildman–Crippen MR) is 134 cm³/mol. The van der Waals surface area contributed by atoms with Crippen LogP contribution >= 0.6 is 22.9 Å². The molecule has 0 saturated heterocycles. The van der Waals surface area contributed by atoms with Gasteiger partial charge in [-0.05, 0) is 42.8 Å². The maximum absolute atomic E-state index is 12.8. The van der Waals surface area contributed by atoms with Crippen LogP contribution in [0.3, 0.4) is 0 Å². The summed E-state index contributed by atoms with van der Waals surface area (Å²) in [5.74, 6) is -2.18. The van der Waals surface area contributed by atoms with Gasteiger partial charge in [0.25, 0.3) is 0 Å². The first kappa shape index (κ1) is 23.2. The van der Waals surface area contributed by atoms with E-state index >= 15 is 0 Å². The van der Waals surface area contributed by atoms with Crippen LogP contribution in [-0.4, -0.2) is 24.0 Å². The maximum Gasteiger partial charge on any atom is 0.355 e. The van der Waals surface area contributed by atoms with Crippen LogP contribution in [0.15, 0.2) is 77.9 Å². The molecule has 1 heterocycles. The van der Waals surface area contributed by atoms with E-state index in [1.54, 1.807) is 42.5 Å². The minimum atomic E-state index is -0.940. The molecule has 0 fully saturated rings. The fourth-order valence-electron chi connectivity index (χ4n) is 3.09. The average Bonchev–Trinajstić information content (AvgIpc) is 3.17. The van der Waals surface area contributed by atoms with Crippen molar-refractivity contribution >= 4 is 62.7 Å². The van der Waals surface area contributed by atoms with Gasteiger partial charge in [-0.25, -0.2) is 10.2 Å². The SMILES string of the molecule is Cc1cccc(NC(=O)C(=O)NN=Cc2ccccc2OC(=O)c2sc3ccccc3c2Cl)c1. The number of aryl methyl sites for hydroxylation is 1. The van der Waals surface area contributed by atoms with Crippen molar-refractivity contribution in [3.8, 4) is 5.75 Å². The molecule has 7 nitrogen and oxygen atoms in total. The van der Waals surface area contributed by atoms with Gasteiger partial charge in [0.05, 0.1) is 11.2 Å². The van der Waals surface area contributed by atoms with Crippen molar-refractivity contribution in [1.82, 2.24) is 5.43 Å². The molecule has 4 rings (SSSR count). The van der Waals surface area contributed by atoms with E-state index in [1.807, 2.05) is 37.3 Å². The third kappa shape index (κ3) is 5.31. The quantitative estimate of drug-likeness (QED) is 0.132. The molecule has 0 aliphatic carbocycles. The second-order valence-electron chi connectivity index (χ2n) is 7.19. The van der Waals surface area contributed by atoms with E-state index in [0.29, 0.717) is 16.3 Å². The first-order valence-electron chi connectivity index (χ1n) is 10.1. The number of fused-ring (bicyclic) bond motifs is 1. The van der Waals surface area contributed by atoms with Gasteiger partial charge in [0.2, 0.25) is 0 Å². The number of nitrogens with zero attached hydrogens (tertiary/aromatic N) is 1. The van der Waals surface area contributed by atoms with Crippen molar-refractivity contribution < 1.29 is 19.1 Å². The van der Waals surface area contributed by atoms with E-state index in [4.69, 9.17) is 16.3 Å². The van der Waals surface area contributed by atoms with Gasteiger partial charge >= 0.3 is 17.8 Å². The topological polar surface area (TPSA) is 96.9 Å². The lowest BCUT2D eigenvalue weighted by molar-refractivity contribution is -0.136. The van der Waals surface area contributed by atoms with Crippen LogP contribution in [-0.2, 0) is 9.59 Å². The highest BCUT2D eigenvalue weighted by molar-refractivity contribution is 7.21. The van der Waals surface area contributed by atoms with E-state index < -0.39 is 17.8 Å². The number of para-hydroxylation sites is 1. The Balaban J connectivity index is 1.42. The normalized spacial score (nSPS) is 10.9. The summed E-state index contributed by atoms with van der Waals surface area (Å²) in [6.07, 6.45) is 1.28. The summed E-state index contributed by atoms with van der Waals surface area (Å²) in [4.78, 5) is 37.2. The van der Waals surface area contributed by atoms with Crippen molar-refractivity contribution in [2.45, 2.75) is 6.92 Å². The summed E-state index contributed by atoms with van der Waals surface area (Å²) in [6, 6.07) is 21.1. The van der Waals surface area contributed by atoms with E-state index in [0.717, 1.165) is 15.6 Å². The van der Waals surface area contributed by atoms with Gasteiger partial charge in [0.15, 0.2) is 0 Å². The number of hydrogen-bond acceptors (Lipinski definition) is 6. The van der Waals surface area contributed by atoms with Crippen LogP contribution in [0.1, 0.15) is 20.8 Å². The number of hydrogen-bond donors (Lipinski definition) is 2. The number of hydrazone groups is 1. The van der Waals surface area contributed by atoms with Gasteiger partial charge in [-0.1, -0.05) is 54.1 Å². The number of carbonyl (C=O) groups excluding carboxylic acids is 3. The highest BCUT2D eigenvalue weighted by Crippen LogP contribution is 2.36. The fraction of sp³-hybridized carbons (Fsp3) is 0.0400. The van der Waals surface area contributed by atoms with Crippen LogP contribution in [0.2, 0.25) is 5.02 Å². The average molecular weight is 492 g/mol. The number of nitrogens with one attached hydrogen (secondary N) is 2. The Kier molecular flexibility index (Phi) is 7.01. The lowest BCUT2D eigenvalue weighted by Crippen LogP contribution is -2.32. The number of thiophene rings is 1. The Labute approximate surface area is 204 Å². The van der Waals surface area contributed by atoms with Crippen LogP contribution < -0.4 is 15.5 Å². The van der Waals surface area contributed by atoms with Gasteiger partial charge in [-0.2, -0.15) is 5.10 Å². The first-order chi connectivity index (χ1) is 16.4. The zero-order valence-electron chi connectivity index (χ0n) is 17.9. The Morgan fingerprint density at radius 3 is 2.53 bits per heavy atom. The van der Waals surface area contributed by atoms with E-state index in [2.05, 4.69) is 15.8 Å². The zero-order chi connectivity index (χ0) is 24.1. The number of halogens is 1. The monoisotopic (exact) mass is 491 g/mol. The highest BCUT2D eigenvalue weighted by Gasteiger charge is 2.20. The van der Waals surface area contributed by atoms with Gasteiger partial charge < -0.3 is 10.1 Å². The Bertz CT molecular complexity index is 1430. The summed E-state index contributed by atoms with van der Waals surface area (Å²) in [5.41, 5.74) is 4.03. The second-order valence-corrected chi connectivity index (χ2v) is 8.62. The van der Waals surface area contributed by atoms with Gasteiger partial charge in [0, 0.05) is 21.3 Å². The molecule has 0 bridgehead atoms. The number of ether oxygens (including phenoxy) is 1.